The van der Waals surface area contributed by atoms with E-state index in [0.29, 0.717) is 21.8 Å². The quantitative estimate of drug-likeness (QED) is 0.635. The number of aromatic nitrogens is 2. The Morgan fingerprint density at radius 3 is 2.73 bits per heavy atom. The molecule has 8 heteroatoms. The van der Waals surface area contributed by atoms with E-state index in [1.165, 1.54) is 0 Å². The molecule has 146 valence electrons. The number of halogens is 1. The summed E-state index contributed by atoms with van der Waals surface area (Å²) < 4.78 is 0. The van der Waals surface area contributed by atoms with Gasteiger partial charge in [0.25, 0.3) is 11.8 Å². The number of benzene rings is 2. The molecule has 3 aromatic rings. The predicted molar refractivity (Wildman–Crippen MR) is 114 cm³/mol. The first-order valence-electron chi connectivity index (χ1n) is 9.20. The number of allylic oxidation sites excluding steroid dienone is 3. The second-order valence-corrected chi connectivity index (χ2v) is 7.29. The highest BCUT2D eigenvalue weighted by molar-refractivity contribution is 6.31. The Morgan fingerprint density at radius 1 is 1.07 bits per heavy atom. The van der Waals surface area contributed by atoms with E-state index in [2.05, 4.69) is 25.7 Å². The van der Waals surface area contributed by atoms with Gasteiger partial charge in [-0.05, 0) is 35.9 Å². The zero-order chi connectivity index (χ0) is 20.7. The Morgan fingerprint density at radius 2 is 1.90 bits per heavy atom. The number of anilines is 1. The minimum absolute atomic E-state index is 0.267. The van der Waals surface area contributed by atoms with Crippen LogP contribution in [-0.4, -0.2) is 22.0 Å². The van der Waals surface area contributed by atoms with Gasteiger partial charge < -0.3 is 5.32 Å². The summed E-state index contributed by atoms with van der Waals surface area (Å²) in [5, 5.41) is 18.8. The number of nitrogens with zero attached hydrogens (tertiary/aromatic N) is 3. The molecule has 0 spiro atoms. The van der Waals surface area contributed by atoms with Crippen LogP contribution in [-0.2, 0) is 4.79 Å². The second kappa shape index (κ2) is 7.20. The van der Waals surface area contributed by atoms with Crippen molar-refractivity contribution < 1.29 is 9.59 Å². The summed E-state index contributed by atoms with van der Waals surface area (Å²) in [5.74, 6) is -1.02. The van der Waals surface area contributed by atoms with E-state index >= 15 is 0 Å². The molecule has 7 nitrogen and oxygen atoms in total. The molecule has 0 radical (unpaired) electrons. The van der Waals surface area contributed by atoms with Crippen LogP contribution < -0.4 is 5.32 Å². The molecule has 0 fully saturated rings. The molecule has 0 saturated carbocycles. The molecule has 2 aromatic carbocycles. The lowest BCUT2D eigenvalue weighted by atomic mass is 9.89. The third-order valence-corrected chi connectivity index (χ3v) is 5.20. The van der Waals surface area contributed by atoms with Crippen LogP contribution in [0.2, 0.25) is 5.02 Å². The molecule has 2 aliphatic rings. The first kappa shape index (κ1) is 18.2. The van der Waals surface area contributed by atoms with Crippen LogP contribution in [0, 0.1) is 5.92 Å². The molecule has 1 atom stereocenters. The molecule has 30 heavy (non-hydrogen) atoms. The normalized spacial score (nSPS) is 17.5. The molecular formula is C22H14ClN5O2. The number of carbonyl (C=O) groups is 2. The summed E-state index contributed by atoms with van der Waals surface area (Å²) in [6.07, 6.45) is 7.38. The van der Waals surface area contributed by atoms with Gasteiger partial charge in [-0.2, -0.15) is 5.10 Å². The lowest BCUT2D eigenvalue weighted by Crippen LogP contribution is -2.17. The van der Waals surface area contributed by atoms with Gasteiger partial charge in [0.05, 0.1) is 17.1 Å². The zero-order valence-electron chi connectivity index (χ0n) is 15.5. The summed E-state index contributed by atoms with van der Waals surface area (Å²) in [5.41, 5.74) is 3.87. The number of H-pyrrole nitrogens is 1. The van der Waals surface area contributed by atoms with Crippen LogP contribution in [0.25, 0.3) is 16.6 Å². The van der Waals surface area contributed by atoms with Crippen molar-refractivity contribution in [2.24, 2.45) is 16.1 Å². The number of aromatic amines is 1. The van der Waals surface area contributed by atoms with Gasteiger partial charge in [-0.3, -0.25) is 14.7 Å². The largest absolute Gasteiger partial charge is 0.321 e. The van der Waals surface area contributed by atoms with E-state index in [1.54, 1.807) is 30.3 Å². The van der Waals surface area contributed by atoms with Crippen LogP contribution in [0.5, 0.6) is 0 Å². The molecular weight excluding hydrogens is 402 g/mol. The molecule has 2 N–H and O–H groups in total. The average Bonchev–Trinajstić information content (AvgIpc) is 3.18. The summed E-state index contributed by atoms with van der Waals surface area (Å²) in [4.78, 5) is 24.6. The molecule has 1 aromatic heterocycles. The van der Waals surface area contributed by atoms with Gasteiger partial charge in [0.15, 0.2) is 5.69 Å². The maximum Gasteiger partial charge on any atom is 0.276 e. The summed E-state index contributed by atoms with van der Waals surface area (Å²) in [6, 6.07) is 12.4. The lowest BCUT2D eigenvalue weighted by Gasteiger charge is -2.19. The monoisotopic (exact) mass is 415 g/mol. The molecule has 0 saturated heterocycles. The summed E-state index contributed by atoms with van der Waals surface area (Å²) in [7, 11) is 0. The van der Waals surface area contributed by atoms with Gasteiger partial charge in [-0.15, -0.1) is 10.2 Å². The molecule has 1 aliphatic carbocycles. The van der Waals surface area contributed by atoms with Crippen molar-refractivity contribution in [3.8, 4) is 0 Å². The SMILES string of the molecule is O=C(Nc1ccc(C2=C3C=CC=CC3C(=O)N=N2)cc1)c1n[nH]c2ccc(Cl)cc12. The number of nitrogens with one attached hydrogen (secondary N) is 2. The van der Waals surface area contributed by atoms with Gasteiger partial charge in [-0.1, -0.05) is 48.0 Å². The van der Waals surface area contributed by atoms with Crippen molar-refractivity contribution in [2.75, 3.05) is 5.32 Å². The highest BCUT2D eigenvalue weighted by Gasteiger charge is 2.27. The number of rotatable bonds is 3. The fourth-order valence-corrected chi connectivity index (χ4v) is 3.66. The van der Waals surface area contributed by atoms with Crippen LogP contribution in [0.4, 0.5) is 5.69 Å². The molecule has 2 amide bonds. The first-order chi connectivity index (χ1) is 14.6. The number of amides is 2. The van der Waals surface area contributed by atoms with Crippen molar-refractivity contribution >= 4 is 45.7 Å². The third kappa shape index (κ3) is 3.15. The van der Waals surface area contributed by atoms with Crippen molar-refractivity contribution in [1.29, 1.82) is 0 Å². The van der Waals surface area contributed by atoms with Gasteiger partial charge in [-0.25, -0.2) is 0 Å². The topological polar surface area (TPSA) is 99.6 Å². The molecule has 2 heterocycles. The number of azo groups is 1. The maximum atomic E-state index is 12.7. The summed E-state index contributed by atoms with van der Waals surface area (Å²) in [6.45, 7) is 0. The fourth-order valence-electron chi connectivity index (χ4n) is 3.49. The van der Waals surface area contributed by atoms with Crippen molar-refractivity contribution in [1.82, 2.24) is 10.2 Å². The molecule has 5 rings (SSSR count). The highest BCUT2D eigenvalue weighted by Crippen LogP contribution is 2.34. The van der Waals surface area contributed by atoms with Gasteiger partial charge in [0, 0.05) is 21.7 Å². The zero-order valence-corrected chi connectivity index (χ0v) is 16.2. The van der Waals surface area contributed by atoms with Crippen LogP contribution >= 0.6 is 11.6 Å². The van der Waals surface area contributed by atoms with Gasteiger partial charge in [0.1, 0.15) is 0 Å². The molecule has 1 unspecified atom stereocenters. The third-order valence-electron chi connectivity index (χ3n) is 4.97. The number of hydrogen-bond acceptors (Lipinski definition) is 4. The fraction of sp³-hybridized carbons (Fsp3) is 0.0455. The molecule has 1 aliphatic heterocycles. The van der Waals surface area contributed by atoms with E-state index in [-0.39, 0.29) is 17.5 Å². The minimum Gasteiger partial charge on any atom is -0.321 e. The standard InChI is InChI=1S/C22H14ClN5O2/c23-13-7-10-18-17(11-13)20(27-25-18)22(30)24-14-8-5-12(6-9-14)19-15-3-1-2-4-16(15)21(29)28-26-19/h1-11,16H,(H,24,30)(H,25,27). The number of fused-ring (bicyclic) bond motifs is 2. The van der Waals surface area contributed by atoms with Gasteiger partial charge >= 0.3 is 0 Å². The lowest BCUT2D eigenvalue weighted by molar-refractivity contribution is -0.119. The van der Waals surface area contributed by atoms with Crippen LogP contribution in [0.3, 0.4) is 0 Å². The Bertz CT molecular complexity index is 1320. The van der Waals surface area contributed by atoms with Crippen molar-refractivity contribution in [3.63, 3.8) is 0 Å². The number of carbonyl (C=O) groups excluding carboxylic acids is 2. The van der Waals surface area contributed by atoms with E-state index in [9.17, 15) is 9.59 Å². The smallest absolute Gasteiger partial charge is 0.276 e. The average molecular weight is 416 g/mol. The Kier molecular flexibility index (Phi) is 4.37. The van der Waals surface area contributed by atoms with Crippen LogP contribution in [0.15, 0.2) is 82.6 Å². The van der Waals surface area contributed by atoms with Crippen molar-refractivity contribution in [2.45, 2.75) is 0 Å². The first-order valence-corrected chi connectivity index (χ1v) is 9.58. The highest BCUT2D eigenvalue weighted by atomic mass is 35.5. The predicted octanol–water partition coefficient (Wildman–Crippen LogP) is 4.91. The van der Waals surface area contributed by atoms with Gasteiger partial charge in [0.2, 0.25) is 0 Å². The van der Waals surface area contributed by atoms with Crippen LogP contribution in [0.1, 0.15) is 16.1 Å². The number of hydrogen-bond donors (Lipinski definition) is 2. The Balaban J connectivity index is 1.40. The second-order valence-electron chi connectivity index (χ2n) is 6.86. The Hall–Kier alpha value is -3.84. The van der Waals surface area contributed by atoms with E-state index in [0.717, 1.165) is 16.7 Å². The van der Waals surface area contributed by atoms with E-state index in [1.807, 2.05) is 36.4 Å². The maximum absolute atomic E-state index is 12.7. The summed E-state index contributed by atoms with van der Waals surface area (Å²) >= 11 is 6.04. The van der Waals surface area contributed by atoms with E-state index in [4.69, 9.17) is 11.6 Å². The van der Waals surface area contributed by atoms with E-state index < -0.39 is 5.92 Å². The minimum atomic E-state index is -0.401. The molecule has 0 bridgehead atoms. The van der Waals surface area contributed by atoms with Crippen molar-refractivity contribution in [3.05, 3.63) is 88.6 Å². The Labute approximate surface area is 175 Å².